The normalized spacial score (nSPS) is 9.85. The molecule has 100 valence electrons. The van der Waals surface area contributed by atoms with E-state index >= 15 is 0 Å². The van der Waals surface area contributed by atoms with Crippen LogP contribution in [0.15, 0.2) is 36.4 Å². The number of hydrogen-bond acceptors (Lipinski definition) is 4. The van der Waals surface area contributed by atoms with Gasteiger partial charge in [0.15, 0.2) is 0 Å². The standard InChI is InChI=1S/C14H9ClN2O3/c1-9-5-6-12(17(18)19)14(7-9)20-13-4-2-3-11(15)10(13)8-16/h2-7H,1H3. The third-order valence-corrected chi connectivity index (χ3v) is 2.93. The van der Waals surface area contributed by atoms with Gasteiger partial charge in [-0.3, -0.25) is 10.1 Å². The number of hydrogen-bond donors (Lipinski definition) is 0. The summed E-state index contributed by atoms with van der Waals surface area (Å²) in [5, 5.41) is 20.3. The Kier molecular flexibility index (Phi) is 3.87. The summed E-state index contributed by atoms with van der Waals surface area (Å²) in [5.41, 5.74) is 0.788. The number of rotatable bonds is 3. The van der Waals surface area contributed by atoms with Gasteiger partial charge >= 0.3 is 5.69 Å². The monoisotopic (exact) mass is 288 g/mol. The largest absolute Gasteiger partial charge is 0.449 e. The van der Waals surface area contributed by atoms with Gasteiger partial charge in [-0.25, -0.2) is 0 Å². The molecule has 2 aromatic carbocycles. The Labute approximate surface area is 120 Å². The Morgan fingerprint density at radius 2 is 2.05 bits per heavy atom. The van der Waals surface area contributed by atoms with Crippen LogP contribution in [0.1, 0.15) is 11.1 Å². The molecule has 0 aliphatic heterocycles. The van der Waals surface area contributed by atoms with Crippen LogP contribution in [0, 0.1) is 28.4 Å². The number of nitrogens with zero attached hydrogens (tertiary/aromatic N) is 2. The lowest BCUT2D eigenvalue weighted by molar-refractivity contribution is -0.385. The summed E-state index contributed by atoms with van der Waals surface area (Å²) >= 11 is 5.89. The highest BCUT2D eigenvalue weighted by Crippen LogP contribution is 2.35. The Morgan fingerprint density at radius 3 is 2.70 bits per heavy atom. The maximum absolute atomic E-state index is 11.0. The van der Waals surface area contributed by atoms with Gasteiger partial charge in [0, 0.05) is 6.07 Å². The molecule has 0 fully saturated rings. The summed E-state index contributed by atoms with van der Waals surface area (Å²) in [6.07, 6.45) is 0. The highest BCUT2D eigenvalue weighted by molar-refractivity contribution is 6.31. The van der Waals surface area contributed by atoms with Crippen molar-refractivity contribution >= 4 is 17.3 Å². The predicted molar refractivity (Wildman–Crippen MR) is 74.1 cm³/mol. The first-order valence-corrected chi connectivity index (χ1v) is 6.02. The lowest BCUT2D eigenvalue weighted by atomic mass is 10.2. The van der Waals surface area contributed by atoms with Crippen molar-refractivity contribution in [2.24, 2.45) is 0 Å². The molecular formula is C14H9ClN2O3. The second-order valence-corrected chi connectivity index (χ2v) is 4.46. The number of nitro benzene ring substituents is 1. The summed E-state index contributed by atoms with van der Waals surface area (Å²) in [6, 6.07) is 11.1. The number of nitriles is 1. The highest BCUT2D eigenvalue weighted by Gasteiger charge is 2.17. The van der Waals surface area contributed by atoms with Crippen molar-refractivity contribution < 1.29 is 9.66 Å². The molecule has 0 N–H and O–H groups in total. The Bertz CT molecular complexity index is 723. The number of ether oxygens (including phenoxy) is 1. The molecule has 2 aromatic rings. The van der Waals surface area contributed by atoms with Crippen molar-refractivity contribution in [3.63, 3.8) is 0 Å². The topological polar surface area (TPSA) is 76.2 Å². The lowest BCUT2D eigenvalue weighted by Gasteiger charge is -2.09. The van der Waals surface area contributed by atoms with E-state index in [1.54, 1.807) is 31.2 Å². The van der Waals surface area contributed by atoms with Crippen LogP contribution in [0.4, 0.5) is 5.69 Å². The molecule has 0 amide bonds. The van der Waals surface area contributed by atoms with Crippen LogP contribution in [0.3, 0.4) is 0 Å². The average molecular weight is 289 g/mol. The lowest BCUT2D eigenvalue weighted by Crippen LogP contribution is -1.95. The van der Waals surface area contributed by atoms with Crippen LogP contribution in [0.2, 0.25) is 5.02 Å². The molecule has 0 unspecified atom stereocenters. The van der Waals surface area contributed by atoms with Crippen molar-refractivity contribution in [3.05, 3.63) is 62.7 Å². The molecule has 0 radical (unpaired) electrons. The molecule has 0 heterocycles. The van der Waals surface area contributed by atoms with Crippen LogP contribution in [-0.2, 0) is 0 Å². The van der Waals surface area contributed by atoms with E-state index in [-0.39, 0.29) is 27.8 Å². The first-order valence-electron chi connectivity index (χ1n) is 5.64. The van der Waals surface area contributed by atoms with E-state index < -0.39 is 4.92 Å². The van der Waals surface area contributed by atoms with E-state index in [0.717, 1.165) is 5.56 Å². The summed E-state index contributed by atoms with van der Waals surface area (Å²) in [4.78, 5) is 10.4. The van der Waals surface area contributed by atoms with Crippen molar-refractivity contribution in [2.45, 2.75) is 6.92 Å². The summed E-state index contributed by atoms with van der Waals surface area (Å²) in [5.74, 6) is 0.266. The molecule has 0 aliphatic carbocycles. The molecule has 0 aromatic heterocycles. The van der Waals surface area contributed by atoms with E-state index in [1.165, 1.54) is 12.1 Å². The van der Waals surface area contributed by atoms with Gasteiger partial charge in [0.2, 0.25) is 5.75 Å². The van der Waals surface area contributed by atoms with Crippen LogP contribution in [0.5, 0.6) is 11.5 Å². The fourth-order valence-corrected chi connectivity index (χ4v) is 1.88. The van der Waals surface area contributed by atoms with Crippen molar-refractivity contribution in [1.29, 1.82) is 5.26 Å². The molecule has 0 bridgehead atoms. The van der Waals surface area contributed by atoms with E-state index in [4.69, 9.17) is 21.6 Å². The van der Waals surface area contributed by atoms with E-state index in [1.807, 2.05) is 6.07 Å². The minimum Gasteiger partial charge on any atom is -0.449 e. The summed E-state index contributed by atoms with van der Waals surface area (Å²) in [6.45, 7) is 1.79. The summed E-state index contributed by atoms with van der Waals surface area (Å²) < 4.78 is 5.51. The maximum Gasteiger partial charge on any atom is 0.311 e. The number of nitro groups is 1. The zero-order valence-corrected chi connectivity index (χ0v) is 11.2. The Balaban J connectivity index is 2.51. The average Bonchev–Trinajstić information content (AvgIpc) is 2.38. The Morgan fingerprint density at radius 1 is 1.30 bits per heavy atom. The second kappa shape index (κ2) is 5.59. The first-order chi connectivity index (χ1) is 9.52. The van der Waals surface area contributed by atoms with Crippen molar-refractivity contribution in [2.75, 3.05) is 0 Å². The zero-order chi connectivity index (χ0) is 14.7. The summed E-state index contributed by atoms with van der Waals surface area (Å²) in [7, 11) is 0. The number of benzene rings is 2. The van der Waals surface area contributed by atoms with Crippen molar-refractivity contribution in [3.8, 4) is 17.6 Å². The molecule has 0 atom stereocenters. The maximum atomic E-state index is 11.0. The molecule has 0 saturated heterocycles. The van der Waals surface area contributed by atoms with E-state index in [0.29, 0.717) is 0 Å². The SMILES string of the molecule is Cc1ccc([N+](=O)[O-])c(Oc2cccc(Cl)c2C#N)c1. The quantitative estimate of drug-likeness (QED) is 0.626. The molecule has 5 nitrogen and oxygen atoms in total. The molecule has 0 saturated carbocycles. The zero-order valence-electron chi connectivity index (χ0n) is 10.5. The van der Waals surface area contributed by atoms with Gasteiger partial charge in [-0.05, 0) is 30.7 Å². The van der Waals surface area contributed by atoms with Gasteiger partial charge < -0.3 is 4.74 Å². The smallest absolute Gasteiger partial charge is 0.311 e. The molecular weight excluding hydrogens is 280 g/mol. The van der Waals surface area contributed by atoms with Gasteiger partial charge in [0.1, 0.15) is 17.4 Å². The minimum absolute atomic E-state index is 0.0776. The van der Waals surface area contributed by atoms with Gasteiger partial charge in [0.05, 0.1) is 9.95 Å². The number of aryl methyl sites for hydroxylation is 1. The highest BCUT2D eigenvalue weighted by atomic mass is 35.5. The third kappa shape index (κ3) is 2.71. The molecule has 6 heteroatoms. The minimum atomic E-state index is -0.536. The van der Waals surface area contributed by atoms with Gasteiger partial charge in [0.25, 0.3) is 0 Å². The van der Waals surface area contributed by atoms with Crippen LogP contribution < -0.4 is 4.74 Å². The Hall–Kier alpha value is -2.58. The van der Waals surface area contributed by atoms with Crippen LogP contribution >= 0.6 is 11.6 Å². The van der Waals surface area contributed by atoms with Gasteiger partial charge in [-0.15, -0.1) is 0 Å². The van der Waals surface area contributed by atoms with E-state index in [2.05, 4.69) is 0 Å². The van der Waals surface area contributed by atoms with Crippen LogP contribution in [0.25, 0.3) is 0 Å². The molecule has 2 rings (SSSR count). The first kappa shape index (κ1) is 13.8. The molecule has 20 heavy (non-hydrogen) atoms. The van der Waals surface area contributed by atoms with Gasteiger partial charge in [-0.2, -0.15) is 5.26 Å². The third-order valence-electron chi connectivity index (χ3n) is 2.62. The van der Waals surface area contributed by atoms with Gasteiger partial charge in [-0.1, -0.05) is 23.7 Å². The van der Waals surface area contributed by atoms with E-state index in [9.17, 15) is 10.1 Å². The molecule has 0 aliphatic rings. The number of halogens is 1. The van der Waals surface area contributed by atoms with Crippen molar-refractivity contribution in [1.82, 2.24) is 0 Å². The fourth-order valence-electron chi connectivity index (χ4n) is 1.67. The second-order valence-electron chi connectivity index (χ2n) is 4.06. The predicted octanol–water partition coefficient (Wildman–Crippen LogP) is 4.22. The molecule has 0 spiro atoms. The fraction of sp³-hybridized carbons (Fsp3) is 0.0714. The van der Waals surface area contributed by atoms with Crippen LogP contribution in [-0.4, -0.2) is 4.92 Å².